The van der Waals surface area contributed by atoms with Crippen molar-refractivity contribution in [2.24, 2.45) is 0 Å². The zero-order valence-corrected chi connectivity index (χ0v) is 4.91. The summed E-state index contributed by atoms with van der Waals surface area (Å²) in [6, 6.07) is 0. The maximum atomic E-state index is 8.34. The SMILES string of the molecule is OCC=Cc1cnc[nH]1. The Balaban J connectivity index is 2.57. The summed E-state index contributed by atoms with van der Waals surface area (Å²) < 4.78 is 0. The normalized spacial score (nSPS) is 10.8. The zero-order chi connectivity index (χ0) is 6.53. The maximum Gasteiger partial charge on any atom is 0.0924 e. The van der Waals surface area contributed by atoms with Gasteiger partial charge in [0.15, 0.2) is 0 Å². The van der Waals surface area contributed by atoms with Gasteiger partial charge in [-0.25, -0.2) is 4.98 Å². The minimum atomic E-state index is 0.0685. The molecule has 0 aliphatic carbocycles. The van der Waals surface area contributed by atoms with Crippen molar-refractivity contribution in [1.29, 1.82) is 0 Å². The lowest BCUT2D eigenvalue weighted by molar-refractivity contribution is 0.343. The van der Waals surface area contributed by atoms with Crippen molar-refractivity contribution in [1.82, 2.24) is 9.97 Å². The fourth-order valence-corrected chi connectivity index (χ4v) is 0.537. The van der Waals surface area contributed by atoms with Gasteiger partial charge in [0.2, 0.25) is 0 Å². The predicted octanol–water partition coefficient (Wildman–Crippen LogP) is 0.415. The second-order valence-corrected chi connectivity index (χ2v) is 1.59. The smallest absolute Gasteiger partial charge is 0.0924 e. The second kappa shape index (κ2) is 3.04. The molecule has 3 heteroatoms. The van der Waals surface area contributed by atoms with Crippen LogP contribution in [0, 0.1) is 0 Å². The van der Waals surface area contributed by atoms with Crippen LogP contribution in [-0.2, 0) is 0 Å². The third-order valence-electron chi connectivity index (χ3n) is 0.922. The van der Waals surface area contributed by atoms with Gasteiger partial charge >= 0.3 is 0 Å². The molecular formula is C6H8N2O. The molecule has 0 aromatic carbocycles. The lowest BCUT2D eigenvalue weighted by Crippen LogP contribution is -1.71. The number of nitrogens with one attached hydrogen (secondary N) is 1. The van der Waals surface area contributed by atoms with Gasteiger partial charge in [-0.15, -0.1) is 0 Å². The molecule has 0 saturated heterocycles. The van der Waals surface area contributed by atoms with Crippen LogP contribution in [0.15, 0.2) is 18.6 Å². The molecule has 1 aromatic rings. The molecule has 0 unspecified atom stereocenters. The highest BCUT2D eigenvalue weighted by Crippen LogP contribution is 1.92. The first-order valence-corrected chi connectivity index (χ1v) is 2.69. The van der Waals surface area contributed by atoms with Gasteiger partial charge in [-0.05, 0) is 6.08 Å². The number of aliphatic hydroxyl groups excluding tert-OH is 1. The molecule has 0 bridgehead atoms. The average molecular weight is 124 g/mol. The molecule has 0 saturated carbocycles. The minimum absolute atomic E-state index is 0.0685. The molecule has 2 N–H and O–H groups in total. The van der Waals surface area contributed by atoms with Crippen molar-refractivity contribution in [3.63, 3.8) is 0 Å². The van der Waals surface area contributed by atoms with Crippen LogP contribution < -0.4 is 0 Å². The number of hydrogen-bond acceptors (Lipinski definition) is 2. The molecule has 0 radical (unpaired) electrons. The topological polar surface area (TPSA) is 48.9 Å². The highest BCUT2D eigenvalue weighted by molar-refractivity contribution is 5.42. The Bertz CT molecular complexity index is 179. The third kappa shape index (κ3) is 1.70. The quantitative estimate of drug-likeness (QED) is 0.600. The minimum Gasteiger partial charge on any atom is -0.392 e. The molecule has 1 aromatic heterocycles. The van der Waals surface area contributed by atoms with Gasteiger partial charge in [-0.1, -0.05) is 6.08 Å². The Morgan fingerprint density at radius 2 is 2.67 bits per heavy atom. The van der Waals surface area contributed by atoms with Gasteiger partial charge in [0.1, 0.15) is 0 Å². The molecular weight excluding hydrogens is 116 g/mol. The van der Waals surface area contributed by atoms with Crippen molar-refractivity contribution in [2.75, 3.05) is 6.61 Å². The Morgan fingerprint density at radius 3 is 3.22 bits per heavy atom. The van der Waals surface area contributed by atoms with Crippen LogP contribution in [-0.4, -0.2) is 21.7 Å². The van der Waals surface area contributed by atoms with E-state index in [2.05, 4.69) is 9.97 Å². The number of H-pyrrole nitrogens is 1. The summed E-state index contributed by atoms with van der Waals surface area (Å²) in [5, 5.41) is 8.34. The molecule has 48 valence electrons. The van der Waals surface area contributed by atoms with Gasteiger partial charge in [0.25, 0.3) is 0 Å². The highest BCUT2D eigenvalue weighted by atomic mass is 16.2. The maximum absolute atomic E-state index is 8.34. The Morgan fingerprint density at radius 1 is 1.78 bits per heavy atom. The molecule has 0 aliphatic heterocycles. The largest absolute Gasteiger partial charge is 0.392 e. The number of aromatic amines is 1. The molecule has 0 aliphatic rings. The van der Waals surface area contributed by atoms with Gasteiger partial charge < -0.3 is 10.1 Å². The summed E-state index contributed by atoms with van der Waals surface area (Å²) in [7, 11) is 0. The molecule has 1 rings (SSSR count). The molecule has 0 fully saturated rings. The predicted molar refractivity (Wildman–Crippen MR) is 34.7 cm³/mol. The fraction of sp³-hybridized carbons (Fsp3) is 0.167. The number of aromatic nitrogens is 2. The van der Waals surface area contributed by atoms with E-state index < -0.39 is 0 Å². The summed E-state index contributed by atoms with van der Waals surface area (Å²) in [4.78, 5) is 6.65. The first-order valence-electron chi connectivity index (χ1n) is 2.69. The average Bonchev–Trinajstić information content (AvgIpc) is 2.34. The van der Waals surface area contributed by atoms with Crippen LogP contribution in [0.1, 0.15) is 5.69 Å². The summed E-state index contributed by atoms with van der Waals surface area (Å²) >= 11 is 0. The van der Waals surface area contributed by atoms with Crippen LogP contribution in [0.5, 0.6) is 0 Å². The van der Waals surface area contributed by atoms with Gasteiger partial charge in [0, 0.05) is 0 Å². The molecule has 9 heavy (non-hydrogen) atoms. The van der Waals surface area contributed by atoms with Crippen molar-refractivity contribution in [3.05, 3.63) is 24.3 Å². The van der Waals surface area contributed by atoms with Gasteiger partial charge in [-0.2, -0.15) is 0 Å². The number of rotatable bonds is 2. The Kier molecular flexibility index (Phi) is 2.04. The van der Waals surface area contributed by atoms with Crippen molar-refractivity contribution < 1.29 is 5.11 Å². The lowest BCUT2D eigenvalue weighted by Gasteiger charge is -1.79. The summed E-state index contributed by atoms with van der Waals surface area (Å²) in [5.74, 6) is 0. The molecule has 0 spiro atoms. The second-order valence-electron chi connectivity index (χ2n) is 1.59. The van der Waals surface area contributed by atoms with Crippen LogP contribution in [0.25, 0.3) is 6.08 Å². The number of hydrogen-bond donors (Lipinski definition) is 2. The van der Waals surface area contributed by atoms with E-state index in [1.165, 1.54) is 0 Å². The van der Waals surface area contributed by atoms with E-state index in [9.17, 15) is 0 Å². The summed E-state index contributed by atoms with van der Waals surface area (Å²) in [6.45, 7) is 0.0685. The Labute approximate surface area is 53.1 Å². The van der Waals surface area contributed by atoms with E-state index in [1.807, 2.05) is 0 Å². The third-order valence-corrected chi connectivity index (χ3v) is 0.922. The monoisotopic (exact) mass is 124 g/mol. The van der Waals surface area contributed by atoms with Crippen LogP contribution in [0.2, 0.25) is 0 Å². The van der Waals surface area contributed by atoms with Gasteiger partial charge in [-0.3, -0.25) is 0 Å². The van der Waals surface area contributed by atoms with Crippen molar-refractivity contribution >= 4 is 6.08 Å². The zero-order valence-electron chi connectivity index (χ0n) is 4.91. The van der Waals surface area contributed by atoms with E-state index in [-0.39, 0.29) is 6.61 Å². The standard InChI is InChI=1S/C6H8N2O/c9-3-1-2-6-4-7-5-8-6/h1-2,4-5,9H,3H2,(H,7,8). The first-order chi connectivity index (χ1) is 4.43. The highest BCUT2D eigenvalue weighted by Gasteiger charge is 1.81. The van der Waals surface area contributed by atoms with E-state index in [1.54, 1.807) is 24.7 Å². The fourth-order valence-electron chi connectivity index (χ4n) is 0.537. The van der Waals surface area contributed by atoms with E-state index in [4.69, 9.17) is 5.11 Å². The van der Waals surface area contributed by atoms with Crippen molar-refractivity contribution in [3.8, 4) is 0 Å². The number of nitrogens with zero attached hydrogens (tertiary/aromatic N) is 1. The molecule has 0 amide bonds. The molecule has 1 heterocycles. The molecule has 0 atom stereocenters. The van der Waals surface area contributed by atoms with E-state index in [0.29, 0.717) is 0 Å². The summed E-state index contributed by atoms with van der Waals surface area (Å²) in [5.41, 5.74) is 0.907. The first kappa shape index (κ1) is 6.04. The van der Waals surface area contributed by atoms with Crippen LogP contribution >= 0.6 is 0 Å². The van der Waals surface area contributed by atoms with Crippen LogP contribution in [0.3, 0.4) is 0 Å². The van der Waals surface area contributed by atoms with Gasteiger partial charge in [0.05, 0.1) is 24.8 Å². The number of aliphatic hydroxyl groups is 1. The lowest BCUT2D eigenvalue weighted by atomic mass is 10.4. The summed E-state index contributed by atoms with van der Waals surface area (Å²) in [6.07, 6.45) is 6.70. The van der Waals surface area contributed by atoms with Crippen LogP contribution in [0.4, 0.5) is 0 Å². The van der Waals surface area contributed by atoms with E-state index >= 15 is 0 Å². The Hall–Kier alpha value is -1.09. The number of imidazole rings is 1. The van der Waals surface area contributed by atoms with Crippen molar-refractivity contribution in [2.45, 2.75) is 0 Å². The molecule has 3 nitrogen and oxygen atoms in total. The van der Waals surface area contributed by atoms with E-state index in [0.717, 1.165) is 5.69 Å².